The Morgan fingerprint density at radius 1 is 1.05 bits per heavy atom. The van der Waals surface area contributed by atoms with E-state index >= 15 is 0 Å². The average Bonchev–Trinajstić information content (AvgIpc) is 2.70. The molecule has 0 spiro atoms. The first-order chi connectivity index (χ1) is 8.91. The SMILES string of the molecule is CCn1ccn(Cc2ccc(C(F)(F)F)cc2)c1=O. The maximum absolute atomic E-state index is 12.4. The van der Waals surface area contributed by atoms with E-state index in [0.717, 1.165) is 12.1 Å². The van der Waals surface area contributed by atoms with Crippen molar-refractivity contribution in [2.75, 3.05) is 0 Å². The third-order valence-corrected chi connectivity index (χ3v) is 2.89. The van der Waals surface area contributed by atoms with Crippen LogP contribution >= 0.6 is 0 Å². The molecule has 0 unspecified atom stereocenters. The van der Waals surface area contributed by atoms with Crippen LogP contribution in [0.1, 0.15) is 18.1 Å². The number of halogens is 3. The fourth-order valence-corrected chi connectivity index (χ4v) is 1.81. The van der Waals surface area contributed by atoms with Crippen LogP contribution in [0.15, 0.2) is 41.5 Å². The monoisotopic (exact) mass is 270 g/mol. The second kappa shape index (κ2) is 4.95. The molecule has 0 atom stereocenters. The van der Waals surface area contributed by atoms with Crippen LogP contribution in [0.5, 0.6) is 0 Å². The molecule has 0 aliphatic heterocycles. The predicted octanol–water partition coefficient (Wildman–Crippen LogP) is 2.74. The summed E-state index contributed by atoms with van der Waals surface area (Å²) in [5.74, 6) is 0. The summed E-state index contributed by atoms with van der Waals surface area (Å²) in [6.45, 7) is 2.69. The number of aromatic nitrogens is 2. The Morgan fingerprint density at radius 2 is 1.63 bits per heavy atom. The maximum atomic E-state index is 12.4. The van der Waals surface area contributed by atoms with Crippen molar-refractivity contribution in [3.63, 3.8) is 0 Å². The van der Waals surface area contributed by atoms with Crippen LogP contribution in [0.2, 0.25) is 0 Å². The molecule has 3 nitrogen and oxygen atoms in total. The number of aryl methyl sites for hydroxylation is 1. The molecule has 0 bridgehead atoms. The van der Waals surface area contributed by atoms with Gasteiger partial charge >= 0.3 is 11.9 Å². The molecular weight excluding hydrogens is 257 g/mol. The molecule has 0 N–H and O–H groups in total. The van der Waals surface area contributed by atoms with Crippen LogP contribution in [0, 0.1) is 0 Å². The molecule has 0 aliphatic carbocycles. The lowest BCUT2D eigenvalue weighted by atomic mass is 10.1. The third-order valence-electron chi connectivity index (χ3n) is 2.89. The van der Waals surface area contributed by atoms with Gasteiger partial charge in [0.25, 0.3) is 0 Å². The number of alkyl halides is 3. The van der Waals surface area contributed by atoms with Crippen LogP contribution < -0.4 is 5.69 Å². The molecular formula is C13H13F3N2O. The number of benzene rings is 1. The van der Waals surface area contributed by atoms with Gasteiger partial charge < -0.3 is 0 Å². The van der Waals surface area contributed by atoms with Crippen LogP contribution in [0.3, 0.4) is 0 Å². The van der Waals surface area contributed by atoms with E-state index in [1.807, 2.05) is 6.92 Å². The lowest BCUT2D eigenvalue weighted by molar-refractivity contribution is -0.137. The van der Waals surface area contributed by atoms with Gasteiger partial charge in [-0.05, 0) is 24.6 Å². The Labute approximate surface area is 107 Å². The molecule has 2 rings (SSSR count). The number of rotatable bonds is 3. The topological polar surface area (TPSA) is 26.9 Å². The lowest BCUT2D eigenvalue weighted by Crippen LogP contribution is -2.23. The molecule has 0 saturated carbocycles. The zero-order valence-corrected chi connectivity index (χ0v) is 10.3. The Morgan fingerprint density at radius 3 is 2.11 bits per heavy atom. The average molecular weight is 270 g/mol. The van der Waals surface area contributed by atoms with Crippen LogP contribution in [0.4, 0.5) is 13.2 Å². The van der Waals surface area contributed by atoms with Gasteiger partial charge in [0.05, 0.1) is 12.1 Å². The molecule has 1 aromatic carbocycles. The fraction of sp³-hybridized carbons (Fsp3) is 0.308. The van der Waals surface area contributed by atoms with Gasteiger partial charge in [0.2, 0.25) is 0 Å². The first kappa shape index (κ1) is 13.5. The van der Waals surface area contributed by atoms with E-state index in [4.69, 9.17) is 0 Å². The predicted molar refractivity (Wildman–Crippen MR) is 64.9 cm³/mol. The first-order valence-corrected chi connectivity index (χ1v) is 5.83. The van der Waals surface area contributed by atoms with Crippen LogP contribution in [0.25, 0.3) is 0 Å². The van der Waals surface area contributed by atoms with E-state index < -0.39 is 11.7 Å². The summed E-state index contributed by atoms with van der Waals surface area (Å²) in [7, 11) is 0. The maximum Gasteiger partial charge on any atom is 0.416 e. The molecule has 0 fully saturated rings. The quantitative estimate of drug-likeness (QED) is 0.842. The zero-order chi connectivity index (χ0) is 14.0. The van der Waals surface area contributed by atoms with Crippen molar-refractivity contribution >= 4 is 0 Å². The number of hydrogen-bond acceptors (Lipinski definition) is 1. The molecule has 0 radical (unpaired) electrons. The minimum atomic E-state index is -4.33. The summed E-state index contributed by atoms with van der Waals surface area (Å²) < 4.78 is 40.2. The van der Waals surface area contributed by atoms with Gasteiger partial charge in [0.15, 0.2) is 0 Å². The smallest absolute Gasteiger partial charge is 0.300 e. The minimum Gasteiger partial charge on any atom is -0.300 e. The fourth-order valence-electron chi connectivity index (χ4n) is 1.81. The van der Waals surface area contributed by atoms with Gasteiger partial charge in [-0.3, -0.25) is 9.13 Å². The Kier molecular flexibility index (Phi) is 3.50. The van der Waals surface area contributed by atoms with Gasteiger partial charge in [0, 0.05) is 18.9 Å². The summed E-state index contributed by atoms with van der Waals surface area (Å²) in [6, 6.07) is 4.82. The molecule has 19 heavy (non-hydrogen) atoms. The highest BCUT2D eigenvalue weighted by molar-refractivity contribution is 5.24. The van der Waals surface area contributed by atoms with Gasteiger partial charge in [0.1, 0.15) is 0 Å². The van der Waals surface area contributed by atoms with Gasteiger partial charge in [-0.2, -0.15) is 13.2 Å². The molecule has 102 valence electrons. The third kappa shape index (κ3) is 2.89. The summed E-state index contributed by atoms with van der Waals surface area (Å²) in [5.41, 5.74) is -0.193. The van der Waals surface area contributed by atoms with E-state index in [9.17, 15) is 18.0 Å². The second-order valence-corrected chi connectivity index (χ2v) is 4.19. The van der Waals surface area contributed by atoms with E-state index in [2.05, 4.69) is 0 Å². The minimum absolute atomic E-state index is 0.164. The largest absolute Gasteiger partial charge is 0.416 e. The summed E-state index contributed by atoms with van der Waals surface area (Å²) in [5, 5.41) is 0. The molecule has 0 aliphatic rings. The van der Waals surface area contributed by atoms with Crippen molar-refractivity contribution in [1.82, 2.24) is 9.13 Å². The van der Waals surface area contributed by atoms with Crippen molar-refractivity contribution in [1.29, 1.82) is 0 Å². The van der Waals surface area contributed by atoms with Crippen LogP contribution in [-0.4, -0.2) is 9.13 Å². The highest BCUT2D eigenvalue weighted by Gasteiger charge is 2.29. The van der Waals surface area contributed by atoms with Crippen LogP contribution in [-0.2, 0) is 19.3 Å². The van der Waals surface area contributed by atoms with E-state index in [-0.39, 0.29) is 12.2 Å². The van der Waals surface area contributed by atoms with Crippen molar-refractivity contribution in [3.8, 4) is 0 Å². The summed E-state index contributed by atoms with van der Waals surface area (Å²) in [6.07, 6.45) is -1.04. The number of imidazole rings is 1. The van der Waals surface area contributed by atoms with E-state index in [1.54, 1.807) is 12.4 Å². The zero-order valence-electron chi connectivity index (χ0n) is 10.3. The molecule has 1 aromatic heterocycles. The lowest BCUT2D eigenvalue weighted by Gasteiger charge is -2.07. The molecule has 1 heterocycles. The standard InChI is InChI=1S/C13H13F3N2O/c1-2-17-7-8-18(12(17)19)9-10-3-5-11(6-4-10)13(14,15)16/h3-8H,2,9H2,1H3. The van der Waals surface area contributed by atoms with Crippen molar-refractivity contribution < 1.29 is 13.2 Å². The first-order valence-electron chi connectivity index (χ1n) is 5.83. The molecule has 2 aromatic rings. The molecule has 0 saturated heterocycles. The van der Waals surface area contributed by atoms with E-state index in [1.165, 1.54) is 21.3 Å². The van der Waals surface area contributed by atoms with E-state index in [0.29, 0.717) is 12.1 Å². The van der Waals surface area contributed by atoms with Gasteiger partial charge in [-0.1, -0.05) is 12.1 Å². The number of hydrogen-bond donors (Lipinski definition) is 0. The number of nitrogens with zero attached hydrogens (tertiary/aromatic N) is 2. The Bertz CT molecular complexity index is 608. The second-order valence-electron chi connectivity index (χ2n) is 4.19. The van der Waals surface area contributed by atoms with Gasteiger partial charge in [-0.15, -0.1) is 0 Å². The Balaban J connectivity index is 2.20. The Hall–Kier alpha value is -1.98. The highest BCUT2D eigenvalue weighted by Crippen LogP contribution is 2.29. The van der Waals surface area contributed by atoms with Gasteiger partial charge in [-0.25, -0.2) is 4.79 Å². The molecule has 0 amide bonds. The normalized spacial score (nSPS) is 11.8. The molecule has 6 heteroatoms. The van der Waals surface area contributed by atoms with Crippen molar-refractivity contribution in [2.24, 2.45) is 0 Å². The summed E-state index contributed by atoms with van der Waals surface area (Å²) >= 11 is 0. The highest BCUT2D eigenvalue weighted by atomic mass is 19.4. The van der Waals surface area contributed by atoms with Crippen molar-refractivity contribution in [2.45, 2.75) is 26.2 Å². The van der Waals surface area contributed by atoms with Crippen molar-refractivity contribution in [3.05, 3.63) is 58.3 Å². The summed E-state index contributed by atoms with van der Waals surface area (Å²) in [4.78, 5) is 11.8.